The van der Waals surface area contributed by atoms with E-state index < -0.39 is 0 Å². The van der Waals surface area contributed by atoms with Gasteiger partial charge in [0.25, 0.3) is 0 Å². The van der Waals surface area contributed by atoms with E-state index in [0.29, 0.717) is 0 Å². The number of quaternary nitrogens is 1. The smallest absolute Gasteiger partial charge is 0.0893 e. The molecule has 0 aromatic heterocycles. The number of halogens is 1. The number of hydrogen-bond acceptors (Lipinski definition) is 0. The largest absolute Gasteiger partial charge is 1.00 e. The summed E-state index contributed by atoms with van der Waals surface area (Å²) in [5, 5.41) is 0. The predicted octanol–water partition coefficient (Wildman–Crippen LogP) is -0.971. The Morgan fingerprint density at radius 1 is 1.33 bits per heavy atom. The molecule has 3 atom stereocenters. The van der Waals surface area contributed by atoms with Gasteiger partial charge >= 0.3 is 0 Å². The average Bonchev–Trinajstić information content (AvgIpc) is 2.45. The van der Waals surface area contributed by atoms with Crippen LogP contribution >= 0.6 is 0 Å². The predicted molar refractivity (Wildman–Crippen MR) is 47.3 cm³/mol. The molecule has 2 unspecified atom stereocenters. The molecule has 2 bridgehead atoms. The van der Waals surface area contributed by atoms with Gasteiger partial charge in [-0.3, -0.25) is 0 Å². The van der Waals surface area contributed by atoms with Crippen LogP contribution in [0.25, 0.3) is 0 Å². The van der Waals surface area contributed by atoms with Crippen molar-refractivity contribution < 1.29 is 21.5 Å². The van der Waals surface area contributed by atoms with Crippen LogP contribution in [-0.2, 0) is 0 Å². The SMILES string of the molecule is CCC[N@@+]1(C)CC2CCC1C2.[Br-]. The van der Waals surface area contributed by atoms with E-state index in [1.165, 1.54) is 43.3 Å². The Morgan fingerprint density at radius 3 is 2.50 bits per heavy atom. The van der Waals surface area contributed by atoms with Crippen LogP contribution in [0.4, 0.5) is 0 Å². The first-order valence-corrected chi connectivity index (χ1v) is 5.09. The maximum Gasteiger partial charge on any atom is 0.0893 e. The van der Waals surface area contributed by atoms with Crippen LogP contribution in [0.5, 0.6) is 0 Å². The van der Waals surface area contributed by atoms with Crippen molar-refractivity contribution in [1.82, 2.24) is 0 Å². The minimum atomic E-state index is 0. The maximum absolute atomic E-state index is 2.47. The number of likely N-dealkylation sites (tertiary alicyclic amines) is 1. The number of rotatable bonds is 2. The van der Waals surface area contributed by atoms with Crippen molar-refractivity contribution in [2.24, 2.45) is 5.92 Å². The Morgan fingerprint density at radius 2 is 2.08 bits per heavy atom. The Hall–Kier alpha value is 0.440. The van der Waals surface area contributed by atoms with Crippen molar-refractivity contribution >= 4 is 0 Å². The molecule has 2 rings (SSSR count). The third-order valence-corrected chi connectivity index (χ3v) is 3.80. The van der Waals surface area contributed by atoms with Gasteiger partial charge in [-0.25, -0.2) is 0 Å². The second-order valence-corrected chi connectivity index (χ2v) is 4.72. The molecular weight excluding hydrogens is 214 g/mol. The number of fused-ring (bicyclic) bond motifs is 2. The van der Waals surface area contributed by atoms with Gasteiger partial charge < -0.3 is 21.5 Å². The Kier molecular flexibility index (Phi) is 3.21. The van der Waals surface area contributed by atoms with Crippen LogP contribution in [0.15, 0.2) is 0 Å². The van der Waals surface area contributed by atoms with Crippen molar-refractivity contribution in [3.8, 4) is 0 Å². The fourth-order valence-electron chi connectivity index (χ4n) is 3.30. The molecule has 72 valence electrons. The van der Waals surface area contributed by atoms with Crippen LogP contribution in [0.2, 0.25) is 0 Å². The highest BCUT2D eigenvalue weighted by Crippen LogP contribution is 2.41. The van der Waals surface area contributed by atoms with E-state index in [4.69, 9.17) is 0 Å². The van der Waals surface area contributed by atoms with E-state index in [1.807, 2.05) is 0 Å². The molecule has 0 spiro atoms. The maximum atomic E-state index is 2.47. The molecule has 1 nitrogen and oxygen atoms in total. The van der Waals surface area contributed by atoms with Crippen LogP contribution in [0, 0.1) is 5.92 Å². The zero-order valence-corrected chi connectivity index (χ0v) is 9.81. The monoisotopic (exact) mass is 233 g/mol. The molecule has 1 heterocycles. The fourth-order valence-corrected chi connectivity index (χ4v) is 3.30. The van der Waals surface area contributed by atoms with Gasteiger partial charge in [-0.1, -0.05) is 6.92 Å². The first-order valence-electron chi connectivity index (χ1n) is 5.09. The summed E-state index contributed by atoms with van der Waals surface area (Å²) in [4.78, 5) is 0. The van der Waals surface area contributed by atoms with E-state index in [0.717, 1.165) is 12.0 Å². The summed E-state index contributed by atoms with van der Waals surface area (Å²) in [6.45, 7) is 5.22. The highest BCUT2D eigenvalue weighted by atomic mass is 79.9. The standard InChI is InChI=1S/C10H20N.BrH/c1-3-6-11(2)8-9-4-5-10(11)7-9;/h9-10H,3-8H2,1-2H3;1H/q+1;/p-1/t9?,10?,11-;/m0./s1. The quantitative estimate of drug-likeness (QED) is 0.539. The van der Waals surface area contributed by atoms with Crippen LogP contribution < -0.4 is 17.0 Å². The van der Waals surface area contributed by atoms with Crippen LogP contribution in [-0.4, -0.2) is 30.7 Å². The van der Waals surface area contributed by atoms with Gasteiger partial charge in [-0.05, 0) is 19.3 Å². The Balaban J connectivity index is 0.000000720. The third-order valence-electron chi connectivity index (χ3n) is 3.80. The molecule has 2 fully saturated rings. The molecule has 0 aromatic rings. The number of nitrogens with zero attached hydrogens (tertiary/aromatic N) is 1. The molecule has 12 heavy (non-hydrogen) atoms. The van der Waals surface area contributed by atoms with E-state index >= 15 is 0 Å². The minimum absolute atomic E-state index is 0. The first-order chi connectivity index (χ1) is 5.24. The van der Waals surface area contributed by atoms with Gasteiger partial charge in [0, 0.05) is 12.3 Å². The lowest BCUT2D eigenvalue weighted by Crippen LogP contribution is -3.00. The van der Waals surface area contributed by atoms with Crippen molar-refractivity contribution in [3.63, 3.8) is 0 Å². The van der Waals surface area contributed by atoms with Gasteiger partial charge in [-0.2, -0.15) is 0 Å². The van der Waals surface area contributed by atoms with Crippen LogP contribution in [0.1, 0.15) is 32.6 Å². The minimum Gasteiger partial charge on any atom is -1.00 e. The molecular formula is C10H20BrN. The molecule has 0 N–H and O–H groups in total. The van der Waals surface area contributed by atoms with Crippen LogP contribution in [0.3, 0.4) is 0 Å². The Labute approximate surface area is 86.5 Å². The zero-order chi connectivity index (χ0) is 7.90. The molecule has 2 heteroatoms. The molecule has 1 aliphatic carbocycles. The highest BCUT2D eigenvalue weighted by molar-refractivity contribution is 4.83. The van der Waals surface area contributed by atoms with Gasteiger partial charge in [0.1, 0.15) is 0 Å². The summed E-state index contributed by atoms with van der Waals surface area (Å²) >= 11 is 0. The highest BCUT2D eigenvalue weighted by Gasteiger charge is 2.47. The van der Waals surface area contributed by atoms with Crippen molar-refractivity contribution in [2.75, 3.05) is 20.1 Å². The second kappa shape index (κ2) is 3.67. The van der Waals surface area contributed by atoms with Crippen molar-refractivity contribution in [3.05, 3.63) is 0 Å². The Bertz CT molecular complexity index is 160. The number of hydrogen-bond donors (Lipinski definition) is 0. The summed E-state index contributed by atoms with van der Waals surface area (Å²) in [5.41, 5.74) is 0. The van der Waals surface area contributed by atoms with E-state index in [1.54, 1.807) is 0 Å². The van der Waals surface area contributed by atoms with E-state index in [2.05, 4.69) is 14.0 Å². The van der Waals surface area contributed by atoms with Gasteiger partial charge in [0.15, 0.2) is 0 Å². The molecule has 0 amide bonds. The molecule has 0 aromatic carbocycles. The van der Waals surface area contributed by atoms with Gasteiger partial charge in [0.2, 0.25) is 0 Å². The topological polar surface area (TPSA) is 0 Å². The fraction of sp³-hybridized carbons (Fsp3) is 1.00. The summed E-state index contributed by atoms with van der Waals surface area (Å²) in [6, 6.07) is 1.04. The average molecular weight is 234 g/mol. The lowest BCUT2D eigenvalue weighted by molar-refractivity contribution is -0.925. The molecule has 1 saturated carbocycles. The lowest BCUT2D eigenvalue weighted by Gasteiger charge is -2.38. The molecule has 1 aliphatic heterocycles. The summed E-state index contributed by atoms with van der Waals surface area (Å²) in [6.07, 6.45) is 5.94. The summed E-state index contributed by atoms with van der Waals surface area (Å²) in [5.74, 6) is 1.09. The molecule has 2 aliphatic rings. The lowest BCUT2D eigenvalue weighted by atomic mass is 10.1. The first kappa shape index (κ1) is 10.5. The van der Waals surface area contributed by atoms with E-state index in [-0.39, 0.29) is 17.0 Å². The van der Waals surface area contributed by atoms with E-state index in [9.17, 15) is 0 Å². The summed E-state index contributed by atoms with van der Waals surface area (Å²) in [7, 11) is 2.47. The number of piperidine rings is 1. The van der Waals surface area contributed by atoms with Gasteiger partial charge in [0.05, 0.1) is 26.2 Å². The molecule has 1 saturated heterocycles. The van der Waals surface area contributed by atoms with Crippen molar-refractivity contribution in [2.45, 2.75) is 38.6 Å². The summed E-state index contributed by atoms with van der Waals surface area (Å²) < 4.78 is 1.40. The third kappa shape index (κ3) is 1.56. The molecule has 0 radical (unpaired) electrons. The van der Waals surface area contributed by atoms with Gasteiger partial charge in [-0.15, -0.1) is 0 Å². The zero-order valence-electron chi connectivity index (χ0n) is 8.22. The second-order valence-electron chi connectivity index (χ2n) is 4.72. The van der Waals surface area contributed by atoms with Crippen molar-refractivity contribution in [1.29, 1.82) is 0 Å². The normalized spacial score (nSPS) is 44.5.